The fourth-order valence-electron chi connectivity index (χ4n) is 2.11. The number of benzene rings is 2. The molecule has 0 amide bonds. The van der Waals surface area contributed by atoms with Gasteiger partial charge in [-0.15, -0.1) is 0 Å². The van der Waals surface area contributed by atoms with Crippen LogP contribution in [0.1, 0.15) is 15.9 Å². The second-order valence-electron chi connectivity index (χ2n) is 5.21. The molecular weight excluding hydrogens is 397 g/mol. The van der Waals surface area contributed by atoms with E-state index in [2.05, 4.69) is 4.98 Å². The summed E-state index contributed by atoms with van der Waals surface area (Å²) in [5.41, 5.74) is 0.869. The summed E-state index contributed by atoms with van der Waals surface area (Å²) in [6.07, 6.45) is 1.11. The molecule has 26 heavy (non-hydrogen) atoms. The zero-order valence-corrected chi connectivity index (χ0v) is 15.4. The molecule has 0 radical (unpaired) electrons. The first-order valence-electron chi connectivity index (χ1n) is 7.31. The van der Waals surface area contributed by atoms with Crippen molar-refractivity contribution in [3.05, 3.63) is 88.2 Å². The molecule has 0 atom stereocenters. The van der Waals surface area contributed by atoms with Crippen LogP contribution in [0.5, 0.6) is 5.75 Å². The van der Waals surface area contributed by atoms with Gasteiger partial charge in [0.15, 0.2) is 5.78 Å². The Balaban J connectivity index is 1.78. The molecule has 0 unspecified atom stereocenters. The van der Waals surface area contributed by atoms with Gasteiger partial charge in [-0.2, -0.15) is 8.42 Å². The van der Waals surface area contributed by atoms with E-state index in [0.717, 1.165) is 6.20 Å². The first-order valence-corrected chi connectivity index (χ1v) is 9.48. The smallest absolute Gasteiger partial charge is 0.340 e. The Morgan fingerprint density at radius 3 is 1.96 bits per heavy atom. The molecule has 0 N–H and O–H groups in total. The maximum atomic E-state index is 12.4. The molecule has 3 aromatic rings. The molecule has 1 aromatic heterocycles. The molecule has 0 spiro atoms. The third-order valence-electron chi connectivity index (χ3n) is 3.42. The van der Waals surface area contributed by atoms with Crippen molar-refractivity contribution in [2.75, 3.05) is 0 Å². The third-order valence-corrected chi connectivity index (χ3v) is 5.12. The highest BCUT2D eigenvalue weighted by molar-refractivity contribution is 7.87. The van der Waals surface area contributed by atoms with Crippen molar-refractivity contribution < 1.29 is 17.4 Å². The van der Waals surface area contributed by atoms with E-state index in [1.54, 1.807) is 24.3 Å². The largest absolute Gasteiger partial charge is 0.379 e. The Morgan fingerprint density at radius 2 is 1.42 bits per heavy atom. The summed E-state index contributed by atoms with van der Waals surface area (Å²) in [4.78, 5) is 16.0. The molecule has 8 heteroatoms. The summed E-state index contributed by atoms with van der Waals surface area (Å²) in [5, 5.41) is 0.709. The summed E-state index contributed by atoms with van der Waals surface area (Å²) in [7, 11) is -4.04. The third kappa shape index (κ3) is 4.22. The lowest BCUT2D eigenvalue weighted by Crippen LogP contribution is -2.10. The Morgan fingerprint density at radius 1 is 0.846 bits per heavy atom. The van der Waals surface area contributed by atoms with E-state index in [4.69, 9.17) is 27.4 Å². The fraction of sp³-hybridized carbons (Fsp3) is 0. The van der Waals surface area contributed by atoms with E-state index in [9.17, 15) is 13.2 Å². The number of carbonyl (C=O) groups is 1. The Hall–Kier alpha value is -2.41. The molecule has 132 valence electrons. The predicted octanol–water partition coefficient (Wildman–Crippen LogP) is 4.39. The number of hydrogen-bond acceptors (Lipinski definition) is 5. The molecule has 0 aliphatic heterocycles. The van der Waals surface area contributed by atoms with Gasteiger partial charge in [-0.1, -0.05) is 23.2 Å². The normalized spacial score (nSPS) is 11.2. The lowest BCUT2D eigenvalue weighted by molar-refractivity contribution is 0.103. The molecule has 1 heterocycles. The van der Waals surface area contributed by atoms with Gasteiger partial charge >= 0.3 is 10.1 Å². The average Bonchev–Trinajstić information content (AvgIpc) is 2.62. The second-order valence-corrected chi connectivity index (χ2v) is 7.58. The molecule has 0 aliphatic carbocycles. The zero-order valence-electron chi connectivity index (χ0n) is 13.1. The van der Waals surface area contributed by atoms with E-state index in [-0.39, 0.29) is 21.6 Å². The van der Waals surface area contributed by atoms with E-state index in [1.807, 2.05) is 0 Å². The highest BCUT2D eigenvalue weighted by Gasteiger charge is 2.17. The summed E-state index contributed by atoms with van der Waals surface area (Å²) in [6, 6.07) is 14.9. The number of ketones is 1. The molecule has 0 aliphatic rings. The molecule has 0 saturated carbocycles. The highest BCUT2D eigenvalue weighted by atomic mass is 35.5. The molecule has 2 aromatic carbocycles. The van der Waals surface area contributed by atoms with Crippen LogP contribution in [0.3, 0.4) is 0 Å². The van der Waals surface area contributed by atoms with Crippen LogP contribution < -0.4 is 4.18 Å². The van der Waals surface area contributed by atoms with E-state index < -0.39 is 10.1 Å². The molecule has 0 bridgehead atoms. The number of carbonyl (C=O) groups excluding carboxylic acids is 1. The van der Waals surface area contributed by atoms with Crippen LogP contribution in [-0.2, 0) is 10.1 Å². The van der Waals surface area contributed by atoms with Crippen molar-refractivity contribution >= 4 is 39.1 Å². The highest BCUT2D eigenvalue weighted by Crippen LogP contribution is 2.21. The number of pyridine rings is 1. The van der Waals surface area contributed by atoms with Crippen LogP contribution in [-0.4, -0.2) is 19.2 Å². The van der Waals surface area contributed by atoms with E-state index in [0.29, 0.717) is 16.1 Å². The van der Waals surface area contributed by atoms with Gasteiger partial charge in [0.1, 0.15) is 15.8 Å². The number of hydrogen-bond donors (Lipinski definition) is 0. The van der Waals surface area contributed by atoms with Crippen LogP contribution in [0.2, 0.25) is 10.2 Å². The first-order chi connectivity index (χ1) is 12.3. The Labute approximate surface area is 160 Å². The minimum Gasteiger partial charge on any atom is -0.379 e. The van der Waals surface area contributed by atoms with Gasteiger partial charge in [-0.25, -0.2) is 4.98 Å². The van der Waals surface area contributed by atoms with Crippen molar-refractivity contribution in [2.45, 2.75) is 4.90 Å². The minimum absolute atomic E-state index is 0.0765. The summed E-state index contributed by atoms with van der Waals surface area (Å²) < 4.78 is 29.4. The van der Waals surface area contributed by atoms with Gasteiger partial charge in [0.05, 0.1) is 6.20 Å². The summed E-state index contributed by atoms with van der Waals surface area (Å²) in [5.74, 6) is -0.134. The lowest BCUT2D eigenvalue weighted by atomic mass is 10.0. The van der Waals surface area contributed by atoms with Gasteiger partial charge in [-0.05, 0) is 60.7 Å². The lowest BCUT2D eigenvalue weighted by Gasteiger charge is -2.07. The van der Waals surface area contributed by atoms with Gasteiger partial charge in [0, 0.05) is 16.1 Å². The number of nitrogens with zero attached hydrogens (tertiary/aromatic N) is 1. The Bertz CT molecular complexity index is 1030. The van der Waals surface area contributed by atoms with E-state index >= 15 is 0 Å². The average molecular weight is 408 g/mol. The topological polar surface area (TPSA) is 73.3 Å². The van der Waals surface area contributed by atoms with Crippen LogP contribution in [0.15, 0.2) is 71.8 Å². The summed E-state index contributed by atoms with van der Waals surface area (Å²) >= 11 is 11.4. The van der Waals surface area contributed by atoms with E-state index in [1.165, 1.54) is 36.4 Å². The number of aromatic nitrogens is 1. The van der Waals surface area contributed by atoms with Gasteiger partial charge in [-0.3, -0.25) is 4.79 Å². The van der Waals surface area contributed by atoms with Gasteiger partial charge in [0.2, 0.25) is 0 Å². The minimum atomic E-state index is -4.04. The van der Waals surface area contributed by atoms with Gasteiger partial charge < -0.3 is 4.18 Å². The van der Waals surface area contributed by atoms with Crippen LogP contribution >= 0.6 is 23.2 Å². The standard InChI is InChI=1S/C18H11Cl2NO4S/c19-14-5-1-12(2-6-14)18(22)13-3-7-15(8-4-13)25-26(23,24)16-9-10-17(20)21-11-16/h1-11H. The molecular formula is C18H11Cl2NO4S. The molecule has 0 fully saturated rings. The van der Waals surface area contributed by atoms with Crippen LogP contribution in [0.25, 0.3) is 0 Å². The molecule has 5 nitrogen and oxygen atoms in total. The first kappa shape index (κ1) is 18.4. The summed E-state index contributed by atoms with van der Waals surface area (Å²) in [6.45, 7) is 0. The fourth-order valence-corrected chi connectivity index (χ4v) is 3.23. The van der Waals surface area contributed by atoms with Gasteiger partial charge in [0.25, 0.3) is 0 Å². The van der Waals surface area contributed by atoms with Crippen molar-refractivity contribution in [2.24, 2.45) is 0 Å². The number of rotatable bonds is 5. The number of halogens is 2. The monoisotopic (exact) mass is 407 g/mol. The quantitative estimate of drug-likeness (QED) is 0.356. The van der Waals surface area contributed by atoms with Crippen LogP contribution in [0.4, 0.5) is 0 Å². The predicted molar refractivity (Wildman–Crippen MR) is 98.4 cm³/mol. The maximum Gasteiger partial charge on any atom is 0.340 e. The van der Waals surface area contributed by atoms with Crippen molar-refractivity contribution in [3.8, 4) is 5.75 Å². The molecule has 3 rings (SSSR count). The van der Waals surface area contributed by atoms with Crippen LogP contribution in [0, 0.1) is 0 Å². The van der Waals surface area contributed by atoms with Crippen molar-refractivity contribution in [1.82, 2.24) is 4.98 Å². The maximum absolute atomic E-state index is 12.4. The second kappa shape index (κ2) is 7.45. The molecule has 0 saturated heterocycles. The zero-order chi connectivity index (χ0) is 18.7. The Kier molecular flexibility index (Phi) is 5.27. The SMILES string of the molecule is O=C(c1ccc(Cl)cc1)c1ccc(OS(=O)(=O)c2ccc(Cl)nc2)cc1. The van der Waals surface area contributed by atoms with Crippen molar-refractivity contribution in [1.29, 1.82) is 0 Å². The van der Waals surface area contributed by atoms with Crippen molar-refractivity contribution in [3.63, 3.8) is 0 Å².